The predicted molar refractivity (Wildman–Crippen MR) is 78.7 cm³/mol. The Hall–Kier alpha value is -2.16. The molecule has 0 unspecified atom stereocenters. The molecule has 5 nitrogen and oxygen atoms in total. The number of rotatable bonds is 1. The Bertz CT molecular complexity index is 634. The highest BCUT2D eigenvalue weighted by Crippen LogP contribution is 2.32. The molecular weight excluding hydrogens is 330 g/mol. The number of nitrogens with one attached hydrogen (secondary N) is 1. The molecule has 1 aromatic rings. The summed E-state index contributed by atoms with van der Waals surface area (Å²) in [6, 6.07) is 2.05. The lowest BCUT2D eigenvalue weighted by atomic mass is 10.2. The quantitative estimate of drug-likeness (QED) is 0.624. The van der Waals surface area contributed by atoms with Crippen LogP contribution in [0.3, 0.4) is 0 Å². The van der Waals surface area contributed by atoms with Gasteiger partial charge in [0.25, 0.3) is 0 Å². The first kappa shape index (κ1) is 18.2. The lowest BCUT2D eigenvalue weighted by molar-refractivity contribution is -0.143. The molecule has 1 saturated heterocycles. The van der Waals surface area contributed by atoms with E-state index < -0.39 is 29.4 Å². The summed E-state index contributed by atoms with van der Waals surface area (Å²) in [5.74, 6) is -3.30. The van der Waals surface area contributed by atoms with Crippen LogP contribution in [-0.4, -0.2) is 54.8 Å². The zero-order chi connectivity index (χ0) is 17.9. The molecule has 2 amide bonds. The van der Waals surface area contributed by atoms with Crippen molar-refractivity contribution in [2.45, 2.75) is 12.6 Å². The molecule has 0 spiro atoms. The predicted octanol–water partition coefficient (Wildman–Crippen LogP) is 1.95. The Morgan fingerprint density at radius 3 is 2.50 bits per heavy atom. The van der Waals surface area contributed by atoms with Crippen molar-refractivity contribution in [3.63, 3.8) is 0 Å². The number of carbonyl (C=O) groups excluding carboxylic acids is 2. The fourth-order valence-electron chi connectivity index (χ4n) is 2.40. The van der Waals surface area contributed by atoms with Gasteiger partial charge in [0.15, 0.2) is 0 Å². The maximum atomic E-state index is 13.2. The van der Waals surface area contributed by atoms with Crippen LogP contribution in [0.25, 0.3) is 0 Å². The number of carbonyl (C=O) groups is 2. The summed E-state index contributed by atoms with van der Waals surface area (Å²) >= 11 is 0. The number of nitrogens with zero attached hydrogens (tertiary/aromatic N) is 2. The van der Waals surface area contributed by atoms with Gasteiger partial charge in [0, 0.05) is 25.3 Å². The molecule has 0 saturated carbocycles. The zero-order valence-electron chi connectivity index (χ0n) is 13.0. The third kappa shape index (κ3) is 4.44. The van der Waals surface area contributed by atoms with Crippen LogP contribution in [0, 0.1) is 5.82 Å². The van der Waals surface area contributed by atoms with E-state index in [1.165, 1.54) is 4.90 Å². The lowest BCUT2D eigenvalue weighted by Crippen LogP contribution is -2.41. The number of hydrogen-bond donors (Lipinski definition) is 1. The highest BCUT2D eigenvalue weighted by Gasteiger charge is 2.34. The molecule has 1 aliphatic heterocycles. The van der Waals surface area contributed by atoms with Gasteiger partial charge in [-0.05, 0) is 38.2 Å². The second-order valence-electron chi connectivity index (χ2n) is 5.60. The van der Waals surface area contributed by atoms with Crippen LogP contribution in [0.2, 0.25) is 0 Å². The van der Waals surface area contributed by atoms with E-state index in [9.17, 15) is 27.2 Å². The van der Waals surface area contributed by atoms with Gasteiger partial charge in [-0.25, -0.2) is 4.39 Å². The first-order chi connectivity index (χ1) is 11.2. The highest BCUT2D eigenvalue weighted by atomic mass is 19.4. The van der Waals surface area contributed by atoms with Crippen LogP contribution in [0.4, 0.5) is 23.2 Å². The minimum atomic E-state index is -4.88. The van der Waals surface area contributed by atoms with E-state index in [4.69, 9.17) is 0 Å². The van der Waals surface area contributed by atoms with Gasteiger partial charge in [0.05, 0.1) is 5.56 Å². The van der Waals surface area contributed by atoms with Crippen molar-refractivity contribution in [1.29, 1.82) is 0 Å². The van der Waals surface area contributed by atoms with Crippen LogP contribution in [0.5, 0.6) is 0 Å². The topological polar surface area (TPSA) is 52.7 Å². The maximum absolute atomic E-state index is 13.2. The van der Waals surface area contributed by atoms with Gasteiger partial charge in [-0.15, -0.1) is 0 Å². The van der Waals surface area contributed by atoms with Gasteiger partial charge in [0.1, 0.15) is 5.82 Å². The van der Waals surface area contributed by atoms with Crippen molar-refractivity contribution in [1.82, 2.24) is 9.80 Å². The summed E-state index contributed by atoms with van der Waals surface area (Å²) < 4.78 is 51.2. The van der Waals surface area contributed by atoms with E-state index in [0.717, 1.165) is 12.6 Å². The fraction of sp³-hybridized carbons (Fsp3) is 0.467. The minimum absolute atomic E-state index is 0.283. The van der Waals surface area contributed by atoms with Crippen LogP contribution in [-0.2, 0) is 15.8 Å². The SMILES string of the molecule is CN1CCCN(C(=O)C(=O)Nc2ccc(F)c(C(F)(F)F)c2)CC1. The number of benzene rings is 1. The molecule has 0 atom stereocenters. The average Bonchev–Trinajstić information content (AvgIpc) is 2.72. The van der Waals surface area contributed by atoms with Gasteiger partial charge in [-0.3, -0.25) is 9.59 Å². The molecule has 2 rings (SSSR count). The molecule has 1 fully saturated rings. The van der Waals surface area contributed by atoms with Crippen molar-refractivity contribution in [2.75, 3.05) is 38.5 Å². The van der Waals surface area contributed by atoms with E-state index in [1.54, 1.807) is 0 Å². The van der Waals surface area contributed by atoms with Crippen molar-refractivity contribution in [3.8, 4) is 0 Å². The molecule has 132 valence electrons. The zero-order valence-corrected chi connectivity index (χ0v) is 13.0. The van der Waals surface area contributed by atoms with E-state index in [0.29, 0.717) is 38.2 Å². The molecule has 0 aromatic heterocycles. The molecule has 1 aliphatic rings. The molecule has 0 bridgehead atoms. The largest absolute Gasteiger partial charge is 0.419 e. The number of halogens is 4. The van der Waals surface area contributed by atoms with Crippen LogP contribution < -0.4 is 5.32 Å². The Morgan fingerprint density at radius 1 is 1.12 bits per heavy atom. The van der Waals surface area contributed by atoms with Gasteiger partial charge in [-0.2, -0.15) is 13.2 Å². The highest BCUT2D eigenvalue weighted by molar-refractivity contribution is 6.39. The smallest absolute Gasteiger partial charge is 0.333 e. The normalized spacial score (nSPS) is 16.6. The summed E-state index contributed by atoms with van der Waals surface area (Å²) in [7, 11) is 1.89. The van der Waals surface area contributed by atoms with Gasteiger partial charge >= 0.3 is 18.0 Å². The van der Waals surface area contributed by atoms with Crippen molar-refractivity contribution in [3.05, 3.63) is 29.6 Å². The molecule has 1 aromatic carbocycles. The first-order valence-corrected chi connectivity index (χ1v) is 7.34. The number of anilines is 1. The minimum Gasteiger partial charge on any atom is -0.333 e. The van der Waals surface area contributed by atoms with Gasteiger partial charge in [-0.1, -0.05) is 0 Å². The van der Waals surface area contributed by atoms with Crippen molar-refractivity contribution in [2.24, 2.45) is 0 Å². The third-order valence-electron chi connectivity index (χ3n) is 3.73. The monoisotopic (exact) mass is 347 g/mol. The lowest BCUT2D eigenvalue weighted by Gasteiger charge is -2.20. The van der Waals surface area contributed by atoms with Crippen LogP contribution in [0.15, 0.2) is 18.2 Å². The van der Waals surface area contributed by atoms with Crippen LogP contribution in [0.1, 0.15) is 12.0 Å². The van der Waals surface area contributed by atoms with E-state index >= 15 is 0 Å². The van der Waals surface area contributed by atoms with E-state index in [2.05, 4.69) is 5.32 Å². The summed E-state index contributed by atoms with van der Waals surface area (Å²) in [4.78, 5) is 27.4. The van der Waals surface area contributed by atoms with Crippen molar-refractivity contribution >= 4 is 17.5 Å². The Labute approximate surface area is 136 Å². The molecule has 24 heavy (non-hydrogen) atoms. The van der Waals surface area contributed by atoms with Crippen molar-refractivity contribution < 1.29 is 27.2 Å². The average molecular weight is 347 g/mol. The van der Waals surface area contributed by atoms with Gasteiger partial charge in [0.2, 0.25) is 0 Å². The molecule has 9 heteroatoms. The Balaban J connectivity index is 2.08. The Kier molecular flexibility index (Phi) is 5.43. The fourth-order valence-corrected chi connectivity index (χ4v) is 2.40. The summed E-state index contributed by atoms with van der Waals surface area (Å²) in [6.07, 6.45) is -4.19. The molecule has 0 radical (unpaired) electrons. The molecular formula is C15H17F4N3O2. The number of alkyl halides is 3. The summed E-state index contributed by atoms with van der Waals surface area (Å²) in [6.45, 7) is 2.15. The van der Waals surface area contributed by atoms with E-state index in [-0.39, 0.29) is 5.69 Å². The standard InChI is InChI=1S/C15H17F4N3O2/c1-21-5-2-6-22(8-7-21)14(24)13(23)20-10-3-4-12(16)11(9-10)15(17,18)19/h3-4,9H,2,5-8H2,1H3,(H,20,23). The summed E-state index contributed by atoms with van der Waals surface area (Å²) in [5, 5.41) is 2.10. The number of hydrogen-bond acceptors (Lipinski definition) is 3. The van der Waals surface area contributed by atoms with Crippen LogP contribution >= 0.6 is 0 Å². The number of amides is 2. The number of likely N-dealkylation sites (N-methyl/N-ethyl adjacent to an activating group) is 1. The third-order valence-corrected chi connectivity index (χ3v) is 3.73. The second kappa shape index (κ2) is 7.16. The Morgan fingerprint density at radius 2 is 1.83 bits per heavy atom. The van der Waals surface area contributed by atoms with Gasteiger partial charge < -0.3 is 15.1 Å². The van der Waals surface area contributed by atoms with E-state index in [1.807, 2.05) is 11.9 Å². The molecule has 1 N–H and O–H groups in total. The maximum Gasteiger partial charge on any atom is 0.419 e. The molecule has 0 aliphatic carbocycles. The first-order valence-electron chi connectivity index (χ1n) is 7.34. The summed E-state index contributed by atoms with van der Waals surface area (Å²) in [5.41, 5.74) is -1.78. The molecule has 1 heterocycles. The second-order valence-corrected chi connectivity index (χ2v) is 5.60.